The van der Waals surface area contributed by atoms with Crippen molar-refractivity contribution in [3.05, 3.63) is 24.4 Å². The first-order valence-corrected chi connectivity index (χ1v) is 6.74. The predicted octanol–water partition coefficient (Wildman–Crippen LogP) is 4.42. The van der Waals surface area contributed by atoms with Gasteiger partial charge in [-0.3, -0.25) is 0 Å². The maximum Gasteiger partial charge on any atom is 0.0143 e. The van der Waals surface area contributed by atoms with E-state index in [-0.39, 0.29) is 0 Å². The number of rotatable bonds is 7. The largest absolute Gasteiger partial charge is 0.389 e. The maximum atomic E-state index is 4.01. The molecule has 1 N–H and O–H groups in total. The Hall–Kier alpha value is -0.720. The highest BCUT2D eigenvalue weighted by Crippen LogP contribution is 2.26. The minimum atomic E-state index is 0.920. The predicted molar refractivity (Wildman–Crippen MR) is 72.4 cm³/mol. The Morgan fingerprint density at radius 2 is 1.88 bits per heavy atom. The smallest absolute Gasteiger partial charge is 0.0143 e. The molecule has 0 radical (unpaired) electrons. The first kappa shape index (κ1) is 13.3. The molecule has 0 bridgehead atoms. The third-order valence-corrected chi connectivity index (χ3v) is 3.40. The Bertz CT molecular complexity index is 224. The SMILES string of the molecule is C=C(C)CC(=C)NCCCC1CCCCC1. The van der Waals surface area contributed by atoms with E-state index in [1.54, 1.807) is 0 Å². The zero-order valence-corrected chi connectivity index (χ0v) is 10.9. The van der Waals surface area contributed by atoms with Gasteiger partial charge in [-0.05, 0) is 25.7 Å². The van der Waals surface area contributed by atoms with Crippen molar-refractivity contribution in [3.8, 4) is 0 Å². The van der Waals surface area contributed by atoms with Crippen molar-refractivity contribution in [3.63, 3.8) is 0 Å². The van der Waals surface area contributed by atoms with Crippen molar-refractivity contribution in [1.82, 2.24) is 5.32 Å². The zero-order valence-electron chi connectivity index (χ0n) is 10.9. The molecule has 1 rings (SSSR count). The lowest BCUT2D eigenvalue weighted by Gasteiger charge is -2.21. The minimum Gasteiger partial charge on any atom is -0.389 e. The van der Waals surface area contributed by atoms with Crippen LogP contribution >= 0.6 is 0 Å². The summed E-state index contributed by atoms with van der Waals surface area (Å²) in [6.07, 6.45) is 10.9. The van der Waals surface area contributed by atoms with E-state index >= 15 is 0 Å². The Morgan fingerprint density at radius 3 is 2.50 bits per heavy atom. The van der Waals surface area contributed by atoms with E-state index in [2.05, 4.69) is 25.4 Å². The fraction of sp³-hybridized carbons (Fsp3) is 0.733. The highest BCUT2D eigenvalue weighted by atomic mass is 14.9. The van der Waals surface area contributed by atoms with E-state index in [1.165, 1.54) is 50.5 Å². The molecule has 1 fully saturated rings. The van der Waals surface area contributed by atoms with Crippen LogP contribution in [0.1, 0.15) is 58.3 Å². The van der Waals surface area contributed by atoms with Crippen LogP contribution < -0.4 is 5.32 Å². The van der Waals surface area contributed by atoms with Gasteiger partial charge in [0, 0.05) is 18.7 Å². The minimum absolute atomic E-state index is 0.920. The number of allylic oxidation sites excluding steroid dienone is 1. The average molecular weight is 221 g/mol. The molecule has 0 aromatic heterocycles. The summed E-state index contributed by atoms with van der Waals surface area (Å²) in [4.78, 5) is 0. The van der Waals surface area contributed by atoms with Crippen LogP contribution in [-0.2, 0) is 0 Å². The normalized spacial score (nSPS) is 17.1. The van der Waals surface area contributed by atoms with E-state index in [1.807, 2.05) is 0 Å². The molecule has 0 amide bonds. The first-order valence-electron chi connectivity index (χ1n) is 6.74. The molecular weight excluding hydrogens is 194 g/mol. The molecule has 0 saturated heterocycles. The summed E-state index contributed by atoms with van der Waals surface area (Å²) >= 11 is 0. The van der Waals surface area contributed by atoms with Crippen LogP contribution in [0.5, 0.6) is 0 Å². The monoisotopic (exact) mass is 221 g/mol. The van der Waals surface area contributed by atoms with Crippen molar-refractivity contribution in [2.45, 2.75) is 58.3 Å². The Morgan fingerprint density at radius 1 is 1.19 bits per heavy atom. The molecule has 1 aliphatic carbocycles. The Balaban J connectivity index is 1.98. The van der Waals surface area contributed by atoms with Gasteiger partial charge in [-0.1, -0.05) is 50.8 Å². The molecule has 1 aliphatic rings. The molecule has 0 aromatic carbocycles. The van der Waals surface area contributed by atoms with Crippen LogP contribution in [0.3, 0.4) is 0 Å². The third-order valence-electron chi connectivity index (χ3n) is 3.40. The lowest BCUT2D eigenvalue weighted by molar-refractivity contribution is 0.331. The van der Waals surface area contributed by atoms with Crippen molar-refractivity contribution in [1.29, 1.82) is 0 Å². The molecule has 0 aromatic rings. The highest BCUT2D eigenvalue weighted by molar-refractivity contribution is 5.05. The molecule has 0 heterocycles. The molecule has 1 nitrogen and oxygen atoms in total. The quantitative estimate of drug-likeness (QED) is 0.496. The van der Waals surface area contributed by atoms with Crippen molar-refractivity contribution >= 4 is 0 Å². The maximum absolute atomic E-state index is 4.01. The van der Waals surface area contributed by atoms with Gasteiger partial charge in [-0.15, -0.1) is 0 Å². The molecule has 0 unspecified atom stereocenters. The van der Waals surface area contributed by atoms with E-state index in [0.717, 1.165) is 24.6 Å². The first-order chi connectivity index (χ1) is 7.68. The van der Waals surface area contributed by atoms with Crippen LogP contribution in [0.4, 0.5) is 0 Å². The number of nitrogens with one attached hydrogen (secondary N) is 1. The molecule has 1 saturated carbocycles. The second-order valence-corrected chi connectivity index (χ2v) is 5.31. The van der Waals surface area contributed by atoms with Crippen molar-refractivity contribution < 1.29 is 0 Å². The standard InChI is InChI=1S/C15H27N/c1-13(2)12-14(3)16-11-7-10-15-8-5-4-6-9-15/h15-16H,1,3-12H2,2H3. The molecule has 0 atom stereocenters. The van der Waals surface area contributed by atoms with Gasteiger partial charge in [0.25, 0.3) is 0 Å². The van der Waals surface area contributed by atoms with Gasteiger partial charge < -0.3 is 5.32 Å². The Labute approximate surface area is 101 Å². The van der Waals surface area contributed by atoms with Gasteiger partial charge >= 0.3 is 0 Å². The second-order valence-electron chi connectivity index (χ2n) is 5.31. The topological polar surface area (TPSA) is 12.0 Å². The lowest BCUT2D eigenvalue weighted by Crippen LogP contribution is -2.16. The van der Waals surface area contributed by atoms with Gasteiger partial charge in [0.1, 0.15) is 0 Å². The summed E-state index contributed by atoms with van der Waals surface area (Å²) in [6.45, 7) is 11.0. The summed E-state index contributed by atoms with van der Waals surface area (Å²) < 4.78 is 0. The molecule has 92 valence electrons. The number of hydrogen-bond donors (Lipinski definition) is 1. The fourth-order valence-electron chi connectivity index (χ4n) is 2.56. The van der Waals surface area contributed by atoms with Crippen LogP contribution in [0.2, 0.25) is 0 Å². The van der Waals surface area contributed by atoms with Gasteiger partial charge in [0.05, 0.1) is 0 Å². The lowest BCUT2D eigenvalue weighted by atomic mass is 9.86. The Kier molecular flexibility index (Phi) is 6.29. The summed E-state index contributed by atoms with van der Waals surface area (Å²) in [5.74, 6) is 1.00. The van der Waals surface area contributed by atoms with E-state index in [0.29, 0.717) is 0 Å². The van der Waals surface area contributed by atoms with E-state index in [4.69, 9.17) is 0 Å². The van der Waals surface area contributed by atoms with E-state index < -0.39 is 0 Å². The van der Waals surface area contributed by atoms with Crippen molar-refractivity contribution in [2.24, 2.45) is 5.92 Å². The highest BCUT2D eigenvalue weighted by Gasteiger charge is 2.12. The molecule has 0 spiro atoms. The molecular formula is C15H27N. The van der Waals surface area contributed by atoms with Crippen LogP contribution in [0.25, 0.3) is 0 Å². The third kappa shape index (κ3) is 5.99. The molecule has 16 heavy (non-hydrogen) atoms. The van der Waals surface area contributed by atoms with Crippen LogP contribution in [0.15, 0.2) is 24.4 Å². The summed E-state index contributed by atoms with van der Waals surface area (Å²) in [5, 5.41) is 3.40. The van der Waals surface area contributed by atoms with E-state index in [9.17, 15) is 0 Å². The van der Waals surface area contributed by atoms with Gasteiger partial charge in [0.2, 0.25) is 0 Å². The van der Waals surface area contributed by atoms with Crippen LogP contribution in [0, 0.1) is 5.92 Å². The average Bonchev–Trinajstić information content (AvgIpc) is 2.25. The zero-order chi connectivity index (χ0) is 11.8. The molecule has 1 heteroatoms. The van der Waals surface area contributed by atoms with Gasteiger partial charge in [-0.2, -0.15) is 0 Å². The summed E-state index contributed by atoms with van der Waals surface area (Å²) in [5.41, 5.74) is 2.31. The number of hydrogen-bond acceptors (Lipinski definition) is 1. The molecule has 0 aliphatic heterocycles. The second kappa shape index (κ2) is 7.54. The fourth-order valence-corrected chi connectivity index (χ4v) is 2.56. The summed E-state index contributed by atoms with van der Waals surface area (Å²) in [6, 6.07) is 0. The summed E-state index contributed by atoms with van der Waals surface area (Å²) in [7, 11) is 0. The van der Waals surface area contributed by atoms with Crippen molar-refractivity contribution in [2.75, 3.05) is 6.54 Å². The van der Waals surface area contributed by atoms with Crippen LogP contribution in [-0.4, -0.2) is 6.54 Å². The van der Waals surface area contributed by atoms with Gasteiger partial charge in [0.15, 0.2) is 0 Å². The van der Waals surface area contributed by atoms with Gasteiger partial charge in [-0.25, -0.2) is 0 Å².